The molecule has 0 saturated heterocycles. The Labute approximate surface area is 126 Å². The molecule has 0 fully saturated rings. The molecule has 3 heteroatoms. The smallest absolute Gasteiger partial charge is 0.0219 e. The second-order valence-electron chi connectivity index (χ2n) is 5.90. The number of hydroxylamine groups is 1. The fourth-order valence-corrected chi connectivity index (χ4v) is 2.51. The van der Waals surface area contributed by atoms with Crippen molar-refractivity contribution in [1.29, 1.82) is 0 Å². The maximum atomic E-state index is 8.40. The van der Waals surface area contributed by atoms with Crippen molar-refractivity contribution in [3.05, 3.63) is 0 Å². The summed E-state index contributed by atoms with van der Waals surface area (Å²) in [6, 6.07) is 0. The molecule has 0 aliphatic carbocycles. The van der Waals surface area contributed by atoms with Gasteiger partial charge in [-0.1, -0.05) is 77.6 Å². The molecule has 0 radical (unpaired) electrons. The summed E-state index contributed by atoms with van der Waals surface area (Å²) >= 11 is 0. The minimum absolute atomic E-state index is 0.686. The van der Waals surface area contributed by atoms with Gasteiger partial charge in [0.25, 0.3) is 0 Å². The van der Waals surface area contributed by atoms with Gasteiger partial charge in [0.05, 0.1) is 0 Å². The van der Waals surface area contributed by atoms with Crippen molar-refractivity contribution < 1.29 is 5.21 Å². The van der Waals surface area contributed by atoms with Crippen molar-refractivity contribution in [3.8, 4) is 0 Å². The molecule has 0 saturated carbocycles. The summed E-state index contributed by atoms with van der Waals surface area (Å²) in [7, 11) is 0. The Kier molecular flexibility index (Phi) is 18.8. The van der Waals surface area contributed by atoms with E-state index in [-0.39, 0.29) is 0 Å². The summed E-state index contributed by atoms with van der Waals surface area (Å²) in [6.07, 6.45) is 17.9. The third-order valence-corrected chi connectivity index (χ3v) is 3.85. The second-order valence-corrected chi connectivity index (χ2v) is 5.90. The maximum absolute atomic E-state index is 8.40. The van der Waals surface area contributed by atoms with Gasteiger partial charge in [-0.25, -0.2) is 5.48 Å². The van der Waals surface area contributed by atoms with Gasteiger partial charge in [0.1, 0.15) is 0 Å². The van der Waals surface area contributed by atoms with Crippen LogP contribution in [0, 0.1) is 0 Å². The minimum atomic E-state index is 0.686. The van der Waals surface area contributed by atoms with Crippen molar-refractivity contribution in [2.75, 3.05) is 19.6 Å². The average Bonchev–Trinajstić information content (AvgIpc) is 2.47. The zero-order valence-electron chi connectivity index (χ0n) is 13.8. The topological polar surface area (TPSA) is 44.3 Å². The molecular formula is C17H38N2O. The Morgan fingerprint density at radius 3 is 1.50 bits per heavy atom. The van der Waals surface area contributed by atoms with Gasteiger partial charge in [-0.3, -0.25) is 0 Å². The molecule has 0 spiro atoms. The van der Waals surface area contributed by atoms with Gasteiger partial charge in [-0.05, 0) is 25.9 Å². The Balaban J connectivity index is 2.89. The van der Waals surface area contributed by atoms with Gasteiger partial charge < -0.3 is 10.5 Å². The predicted molar refractivity (Wildman–Crippen MR) is 88.4 cm³/mol. The van der Waals surface area contributed by atoms with E-state index < -0.39 is 0 Å². The van der Waals surface area contributed by atoms with Gasteiger partial charge >= 0.3 is 0 Å². The molecule has 0 aromatic rings. The van der Waals surface area contributed by atoms with Crippen LogP contribution >= 0.6 is 0 Å². The van der Waals surface area contributed by atoms with E-state index in [1.54, 1.807) is 0 Å². The highest BCUT2D eigenvalue weighted by molar-refractivity contribution is 4.51. The first-order valence-corrected chi connectivity index (χ1v) is 8.99. The molecule has 122 valence electrons. The van der Waals surface area contributed by atoms with Gasteiger partial charge in [-0.2, -0.15) is 0 Å². The van der Waals surface area contributed by atoms with E-state index in [0.29, 0.717) is 6.54 Å². The standard InChI is InChI=1S/C17H38N2O/c1-2-3-4-5-6-7-8-9-10-11-12-13-15-18-16-14-17-19-20/h18-20H,2-17H2,1H3. The van der Waals surface area contributed by atoms with Crippen LogP contribution in [-0.4, -0.2) is 24.8 Å². The number of rotatable bonds is 17. The molecule has 20 heavy (non-hydrogen) atoms. The zero-order valence-corrected chi connectivity index (χ0v) is 13.8. The van der Waals surface area contributed by atoms with E-state index in [0.717, 1.165) is 19.5 Å². The number of hydrogen-bond acceptors (Lipinski definition) is 3. The van der Waals surface area contributed by atoms with Crippen LogP contribution in [-0.2, 0) is 0 Å². The van der Waals surface area contributed by atoms with Gasteiger partial charge in [-0.15, -0.1) is 0 Å². The second kappa shape index (κ2) is 18.9. The maximum Gasteiger partial charge on any atom is 0.0219 e. The molecule has 0 aliphatic rings. The lowest BCUT2D eigenvalue weighted by Gasteiger charge is -2.04. The lowest BCUT2D eigenvalue weighted by molar-refractivity contribution is 0.165. The molecule has 3 N–H and O–H groups in total. The summed E-state index contributed by atoms with van der Waals surface area (Å²) < 4.78 is 0. The van der Waals surface area contributed by atoms with Gasteiger partial charge in [0.2, 0.25) is 0 Å². The average molecular weight is 287 g/mol. The largest absolute Gasteiger partial charge is 0.317 e. The quantitative estimate of drug-likeness (QED) is 0.269. The summed E-state index contributed by atoms with van der Waals surface area (Å²) in [6.45, 7) is 5.10. The molecule has 0 atom stereocenters. The first kappa shape index (κ1) is 19.9. The third-order valence-electron chi connectivity index (χ3n) is 3.85. The highest BCUT2D eigenvalue weighted by atomic mass is 16.5. The van der Waals surface area contributed by atoms with Gasteiger partial charge in [0.15, 0.2) is 0 Å². The van der Waals surface area contributed by atoms with Crippen molar-refractivity contribution in [3.63, 3.8) is 0 Å². The van der Waals surface area contributed by atoms with Crippen LogP contribution in [0.3, 0.4) is 0 Å². The van der Waals surface area contributed by atoms with E-state index >= 15 is 0 Å². The fourth-order valence-electron chi connectivity index (χ4n) is 2.51. The normalized spacial score (nSPS) is 11.1. The van der Waals surface area contributed by atoms with Crippen LogP contribution in [0.5, 0.6) is 0 Å². The van der Waals surface area contributed by atoms with Crippen molar-refractivity contribution in [2.45, 2.75) is 90.4 Å². The van der Waals surface area contributed by atoms with Gasteiger partial charge in [0, 0.05) is 6.54 Å². The molecule has 0 aromatic heterocycles. The summed E-state index contributed by atoms with van der Waals surface area (Å²) in [5.41, 5.74) is 2.18. The first-order chi connectivity index (χ1) is 9.91. The molecule has 0 aromatic carbocycles. The predicted octanol–water partition coefficient (Wildman–Crippen LogP) is 4.65. The molecule has 0 unspecified atom stereocenters. The van der Waals surface area contributed by atoms with Crippen LogP contribution < -0.4 is 10.8 Å². The SMILES string of the molecule is CCCCCCCCCCCCCCNCCCNO. The Morgan fingerprint density at radius 2 is 1.00 bits per heavy atom. The summed E-state index contributed by atoms with van der Waals surface area (Å²) in [5, 5.41) is 11.8. The van der Waals surface area contributed by atoms with E-state index in [1.165, 1.54) is 77.0 Å². The van der Waals surface area contributed by atoms with Crippen LogP contribution in [0.15, 0.2) is 0 Å². The van der Waals surface area contributed by atoms with Crippen molar-refractivity contribution >= 4 is 0 Å². The van der Waals surface area contributed by atoms with Crippen LogP contribution in [0.4, 0.5) is 0 Å². The van der Waals surface area contributed by atoms with Crippen molar-refractivity contribution in [2.24, 2.45) is 0 Å². The first-order valence-electron chi connectivity index (χ1n) is 8.99. The monoisotopic (exact) mass is 286 g/mol. The third kappa shape index (κ3) is 17.9. The lowest BCUT2D eigenvalue weighted by atomic mass is 10.1. The Hall–Kier alpha value is -0.120. The van der Waals surface area contributed by atoms with E-state index in [4.69, 9.17) is 5.21 Å². The highest BCUT2D eigenvalue weighted by Gasteiger charge is 1.93. The zero-order chi connectivity index (χ0) is 14.7. The molecule has 0 rings (SSSR count). The molecular weight excluding hydrogens is 248 g/mol. The van der Waals surface area contributed by atoms with E-state index in [1.807, 2.05) is 0 Å². The van der Waals surface area contributed by atoms with Crippen LogP contribution in [0.2, 0.25) is 0 Å². The number of unbranched alkanes of at least 4 members (excludes halogenated alkanes) is 11. The van der Waals surface area contributed by atoms with E-state index in [9.17, 15) is 0 Å². The summed E-state index contributed by atoms with van der Waals surface area (Å²) in [4.78, 5) is 0. The van der Waals surface area contributed by atoms with Crippen molar-refractivity contribution in [1.82, 2.24) is 10.8 Å². The Morgan fingerprint density at radius 1 is 0.550 bits per heavy atom. The summed E-state index contributed by atoms with van der Waals surface area (Å²) in [5.74, 6) is 0. The molecule has 0 bridgehead atoms. The highest BCUT2D eigenvalue weighted by Crippen LogP contribution is 2.11. The fraction of sp³-hybridized carbons (Fsp3) is 1.00. The van der Waals surface area contributed by atoms with Crippen LogP contribution in [0.1, 0.15) is 90.4 Å². The minimum Gasteiger partial charge on any atom is -0.317 e. The number of hydrogen-bond donors (Lipinski definition) is 3. The lowest BCUT2D eigenvalue weighted by Crippen LogP contribution is -2.20. The van der Waals surface area contributed by atoms with E-state index in [2.05, 4.69) is 17.7 Å². The Bertz CT molecular complexity index is 147. The molecule has 3 nitrogen and oxygen atoms in total. The molecule has 0 aliphatic heterocycles. The van der Waals surface area contributed by atoms with Crippen LogP contribution in [0.25, 0.3) is 0 Å². The molecule has 0 heterocycles. The number of nitrogens with one attached hydrogen (secondary N) is 2. The molecule has 0 amide bonds.